The summed E-state index contributed by atoms with van der Waals surface area (Å²) in [6.45, 7) is 1.34. The van der Waals surface area contributed by atoms with Crippen molar-refractivity contribution in [2.45, 2.75) is 13.2 Å². The Bertz CT molecular complexity index is 216. The minimum atomic E-state index is 0.651. The Labute approximate surface area is 72.5 Å². The molecule has 1 aromatic rings. The van der Waals surface area contributed by atoms with E-state index in [4.69, 9.17) is 10.6 Å². The van der Waals surface area contributed by atoms with E-state index in [9.17, 15) is 0 Å². The van der Waals surface area contributed by atoms with Gasteiger partial charge in [0.15, 0.2) is 0 Å². The number of rotatable bonds is 4. The quantitative estimate of drug-likeness (QED) is 0.513. The molecule has 0 bridgehead atoms. The molecule has 0 saturated carbocycles. The molecule has 3 heteroatoms. The number of nitrogens with two attached hydrogens (primary N) is 1. The maximum Gasteiger partial charge on any atom is 0.0713 e. The van der Waals surface area contributed by atoms with Gasteiger partial charge in [0, 0.05) is 13.7 Å². The number of hydrogen-bond donors (Lipinski definition) is 2. The molecule has 0 fully saturated rings. The van der Waals surface area contributed by atoms with Crippen LogP contribution in [0.1, 0.15) is 11.1 Å². The zero-order valence-electron chi connectivity index (χ0n) is 7.21. The van der Waals surface area contributed by atoms with Gasteiger partial charge in [-0.25, -0.2) is 0 Å². The van der Waals surface area contributed by atoms with Crippen molar-refractivity contribution in [3.63, 3.8) is 0 Å². The number of methoxy groups -OCH3 is 1. The lowest BCUT2D eigenvalue weighted by molar-refractivity contribution is 0.185. The van der Waals surface area contributed by atoms with Crippen LogP contribution >= 0.6 is 0 Å². The van der Waals surface area contributed by atoms with E-state index in [-0.39, 0.29) is 0 Å². The van der Waals surface area contributed by atoms with Gasteiger partial charge in [0.05, 0.1) is 6.61 Å². The summed E-state index contributed by atoms with van der Waals surface area (Å²) in [4.78, 5) is 0. The fourth-order valence-electron chi connectivity index (χ4n) is 1.11. The molecule has 0 heterocycles. The van der Waals surface area contributed by atoms with Crippen LogP contribution in [0, 0.1) is 0 Å². The normalized spacial score (nSPS) is 10.2. The highest BCUT2D eigenvalue weighted by atomic mass is 16.5. The van der Waals surface area contributed by atoms with E-state index in [0.29, 0.717) is 13.2 Å². The second-order valence-corrected chi connectivity index (χ2v) is 2.63. The average Bonchev–Trinajstić information content (AvgIpc) is 2.06. The number of nitrogens with one attached hydrogen (secondary N) is 1. The molecule has 66 valence electrons. The van der Waals surface area contributed by atoms with Gasteiger partial charge in [-0.3, -0.25) is 11.3 Å². The molecule has 0 aliphatic rings. The fourth-order valence-corrected chi connectivity index (χ4v) is 1.11. The van der Waals surface area contributed by atoms with E-state index in [2.05, 4.69) is 11.5 Å². The maximum atomic E-state index is 5.20. The first-order chi connectivity index (χ1) is 5.86. The monoisotopic (exact) mass is 166 g/mol. The Kier molecular flexibility index (Phi) is 3.73. The Morgan fingerprint density at radius 1 is 1.42 bits per heavy atom. The summed E-state index contributed by atoms with van der Waals surface area (Å²) in [5.74, 6) is 5.20. The Hall–Kier alpha value is -0.900. The van der Waals surface area contributed by atoms with Crippen LogP contribution in [0.5, 0.6) is 0 Å². The molecule has 1 aromatic carbocycles. The summed E-state index contributed by atoms with van der Waals surface area (Å²) in [7, 11) is 1.69. The lowest BCUT2D eigenvalue weighted by Crippen LogP contribution is -2.20. The van der Waals surface area contributed by atoms with Gasteiger partial charge >= 0.3 is 0 Å². The molecule has 0 unspecified atom stereocenters. The minimum Gasteiger partial charge on any atom is -0.380 e. The van der Waals surface area contributed by atoms with Crippen molar-refractivity contribution in [1.82, 2.24) is 5.43 Å². The van der Waals surface area contributed by atoms with Gasteiger partial charge in [-0.05, 0) is 11.1 Å². The van der Waals surface area contributed by atoms with Crippen LogP contribution in [0.4, 0.5) is 0 Å². The Morgan fingerprint density at radius 3 is 2.83 bits per heavy atom. The third kappa shape index (κ3) is 2.62. The highest BCUT2D eigenvalue weighted by Gasteiger charge is 1.93. The molecule has 0 radical (unpaired) electrons. The Balaban J connectivity index is 2.67. The second kappa shape index (κ2) is 4.87. The summed E-state index contributed by atoms with van der Waals surface area (Å²) < 4.78 is 5.01. The number of ether oxygens (including phenoxy) is 1. The van der Waals surface area contributed by atoms with Crippen LogP contribution in [-0.2, 0) is 17.9 Å². The van der Waals surface area contributed by atoms with Crippen LogP contribution in [0.3, 0.4) is 0 Å². The topological polar surface area (TPSA) is 47.3 Å². The van der Waals surface area contributed by atoms with Crippen molar-refractivity contribution >= 4 is 0 Å². The zero-order chi connectivity index (χ0) is 8.81. The summed E-state index contributed by atoms with van der Waals surface area (Å²) in [6, 6.07) is 8.13. The minimum absolute atomic E-state index is 0.651. The molecule has 0 atom stereocenters. The molecule has 3 N–H and O–H groups in total. The maximum absolute atomic E-state index is 5.20. The van der Waals surface area contributed by atoms with Crippen molar-refractivity contribution in [2.75, 3.05) is 7.11 Å². The van der Waals surface area contributed by atoms with Crippen molar-refractivity contribution in [3.05, 3.63) is 35.4 Å². The van der Waals surface area contributed by atoms with E-state index in [1.165, 1.54) is 11.1 Å². The summed E-state index contributed by atoms with van der Waals surface area (Å²) >= 11 is 0. The molecule has 3 nitrogen and oxygen atoms in total. The SMILES string of the molecule is COCc1cccc(CNN)c1. The predicted molar refractivity (Wildman–Crippen MR) is 48.2 cm³/mol. The first kappa shape index (κ1) is 9.19. The summed E-state index contributed by atoms with van der Waals surface area (Å²) in [5, 5.41) is 0. The van der Waals surface area contributed by atoms with Crippen LogP contribution in [0.2, 0.25) is 0 Å². The molecular formula is C9H14N2O. The van der Waals surface area contributed by atoms with Gasteiger partial charge in [-0.15, -0.1) is 0 Å². The van der Waals surface area contributed by atoms with Gasteiger partial charge in [0.1, 0.15) is 0 Å². The zero-order valence-corrected chi connectivity index (χ0v) is 7.21. The fraction of sp³-hybridized carbons (Fsp3) is 0.333. The smallest absolute Gasteiger partial charge is 0.0713 e. The number of hydrogen-bond acceptors (Lipinski definition) is 3. The highest BCUT2D eigenvalue weighted by Crippen LogP contribution is 2.05. The molecular weight excluding hydrogens is 152 g/mol. The van der Waals surface area contributed by atoms with Crippen molar-refractivity contribution in [1.29, 1.82) is 0 Å². The molecule has 0 aliphatic heterocycles. The first-order valence-electron chi connectivity index (χ1n) is 3.87. The lowest BCUT2D eigenvalue weighted by atomic mass is 10.1. The molecule has 1 rings (SSSR count). The second-order valence-electron chi connectivity index (χ2n) is 2.63. The van der Waals surface area contributed by atoms with Crippen LogP contribution in [0.25, 0.3) is 0 Å². The van der Waals surface area contributed by atoms with E-state index in [1.54, 1.807) is 7.11 Å². The molecule has 0 aliphatic carbocycles. The van der Waals surface area contributed by atoms with E-state index in [1.807, 2.05) is 18.2 Å². The van der Waals surface area contributed by atoms with Gasteiger partial charge in [-0.1, -0.05) is 24.3 Å². The van der Waals surface area contributed by atoms with Crippen molar-refractivity contribution in [2.24, 2.45) is 5.84 Å². The third-order valence-electron chi connectivity index (χ3n) is 1.61. The van der Waals surface area contributed by atoms with E-state index < -0.39 is 0 Å². The van der Waals surface area contributed by atoms with Gasteiger partial charge < -0.3 is 4.74 Å². The van der Waals surface area contributed by atoms with Crippen LogP contribution in [0.15, 0.2) is 24.3 Å². The van der Waals surface area contributed by atoms with Gasteiger partial charge in [0.25, 0.3) is 0 Å². The first-order valence-corrected chi connectivity index (χ1v) is 3.87. The van der Waals surface area contributed by atoms with Gasteiger partial charge in [-0.2, -0.15) is 0 Å². The summed E-state index contributed by atoms with van der Waals surface area (Å²) in [6.07, 6.45) is 0. The van der Waals surface area contributed by atoms with Crippen LogP contribution < -0.4 is 11.3 Å². The molecule has 0 amide bonds. The number of benzene rings is 1. The average molecular weight is 166 g/mol. The summed E-state index contributed by atoms with van der Waals surface area (Å²) in [5.41, 5.74) is 4.96. The van der Waals surface area contributed by atoms with Crippen molar-refractivity contribution < 1.29 is 4.74 Å². The predicted octanol–water partition coefficient (Wildman–Crippen LogP) is 0.796. The van der Waals surface area contributed by atoms with E-state index in [0.717, 1.165) is 0 Å². The van der Waals surface area contributed by atoms with E-state index >= 15 is 0 Å². The standard InChI is InChI=1S/C9H14N2O/c1-12-7-9-4-2-3-8(5-9)6-11-10/h2-5,11H,6-7,10H2,1H3. The largest absolute Gasteiger partial charge is 0.380 e. The molecule has 0 spiro atoms. The highest BCUT2D eigenvalue weighted by molar-refractivity contribution is 5.22. The Morgan fingerprint density at radius 2 is 2.17 bits per heavy atom. The molecule has 0 aromatic heterocycles. The van der Waals surface area contributed by atoms with Crippen LogP contribution in [-0.4, -0.2) is 7.11 Å². The molecule has 0 saturated heterocycles. The van der Waals surface area contributed by atoms with Gasteiger partial charge in [0.2, 0.25) is 0 Å². The third-order valence-corrected chi connectivity index (χ3v) is 1.61. The van der Waals surface area contributed by atoms with Crippen molar-refractivity contribution in [3.8, 4) is 0 Å². The number of hydrazine groups is 1. The molecule has 12 heavy (non-hydrogen) atoms. The lowest BCUT2D eigenvalue weighted by Gasteiger charge is -2.03.